The molecular weight excluding hydrogens is 248 g/mol. The van der Waals surface area contributed by atoms with E-state index in [9.17, 15) is 10.1 Å². The van der Waals surface area contributed by atoms with Crippen molar-refractivity contribution >= 4 is 27.3 Å². The highest BCUT2D eigenvalue weighted by atomic mass is 79.9. The molecule has 0 bridgehead atoms. The molecule has 0 aliphatic rings. The Labute approximate surface area is 89.6 Å². The van der Waals surface area contributed by atoms with Gasteiger partial charge in [0, 0.05) is 10.5 Å². The third-order valence-electron chi connectivity index (χ3n) is 1.54. The molecule has 0 aliphatic carbocycles. The number of anilines is 1. The van der Waals surface area contributed by atoms with Crippen LogP contribution in [-0.2, 0) is 0 Å². The Hall–Kier alpha value is -1.54. The summed E-state index contributed by atoms with van der Waals surface area (Å²) >= 11 is 3.16. The van der Waals surface area contributed by atoms with Gasteiger partial charge in [0.05, 0.1) is 11.5 Å². The van der Waals surface area contributed by atoms with Crippen LogP contribution in [0.3, 0.4) is 0 Å². The number of nitrogens with one attached hydrogen (secondary N) is 1. The predicted molar refractivity (Wildman–Crippen MR) is 58.1 cm³/mol. The molecule has 0 spiro atoms. The van der Waals surface area contributed by atoms with Gasteiger partial charge in [-0.25, -0.2) is 0 Å². The monoisotopic (exact) mass is 254 g/mol. The van der Waals surface area contributed by atoms with Crippen molar-refractivity contribution in [1.82, 2.24) is 0 Å². The molecule has 0 amide bonds. The highest BCUT2D eigenvalue weighted by Crippen LogP contribution is 2.27. The lowest BCUT2D eigenvalue weighted by molar-refractivity contribution is -0.384. The molecule has 1 aromatic rings. The summed E-state index contributed by atoms with van der Waals surface area (Å²) in [5.41, 5.74) is 0.436. The summed E-state index contributed by atoms with van der Waals surface area (Å²) < 4.78 is 0.662. The maximum atomic E-state index is 10.6. The second kappa shape index (κ2) is 4.63. The number of hydrogen-bond donors (Lipinski definition) is 1. The number of nitro benzene ring substituents is 1. The van der Waals surface area contributed by atoms with Gasteiger partial charge in [-0.1, -0.05) is 21.9 Å². The topological polar surface area (TPSA) is 55.2 Å². The van der Waals surface area contributed by atoms with E-state index >= 15 is 0 Å². The lowest BCUT2D eigenvalue weighted by Gasteiger charge is -2.03. The Balaban J connectivity index is 3.03. The van der Waals surface area contributed by atoms with Gasteiger partial charge < -0.3 is 5.32 Å². The van der Waals surface area contributed by atoms with E-state index in [-0.39, 0.29) is 12.2 Å². The third-order valence-corrected chi connectivity index (χ3v) is 2.03. The van der Waals surface area contributed by atoms with E-state index in [1.807, 2.05) is 0 Å². The van der Waals surface area contributed by atoms with E-state index in [2.05, 4.69) is 27.2 Å². The molecule has 5 heteroatoms. The summed E-state index contributed by atoms with van der Waals surface area (Å²) in [5.74, 6) is 2.35. The van der Waals surface area contributed by atoms with Gasteiger partial charge in [-0.3, -0.25) is 10.1 Å². The van der Waals surface area contributed by atoms with Crippen molar-refractivity contribution in [3.8, 4) is 12.3 Å². The van der Waals surface area contributed by atoms with Gasteiger partial charge in [-0.2, -0.15) is 0 Å². The first-order chi connectivity index (χ1) is 6.65. The van der Waals surface area contributed by atoms with Gasteiger partial charge in [0.15, 0.2) is 0 Å². The summed E-state index contributed by atoms with van der Waals surface area (Å²) in [6.45, 7) is 0.266. The summed E-state index contributed by atoms with van der Waals surface area (Å²) in [4.78, 5) is 10.2. The van der Waals surface area contributed by atoms with Crippen molar-refractivity contribution in [1.29, 1.82) is 0 Å². The number of hydrogen-bond acceptors (Lipinski definition) is 3. The Morgan fingerprint density at radius 3 is 2.93 bits per heavy atom. The van der Waals surface area contributed by atoms with Crippen molar-refractivity contribution in [3.63, 3.8) is 0 Å². The van der Waals surface area contributed by atoms with Gasteiger partial charge in [-0.15, -0.1) is 6.42 Å². The highest BCUT2D eigenvalue weighted by molar-refractivity contribution is 9.10. The fourth-order valence-corrected chi connectivity index (χ4v) is 1.30. The molecule has 1 N–H and O–H groups in total. The van der Waals surface area contributed by atoms with Gasteiger partial charge in [0.1, 0.15) is 5.69 Å². The minimum absolute atomic E-state index is 0.00891. The van der Waals surface area contributed by atoms with Crippen LogP contribution in [0.1, 0.15) is 0 Å². The highest BCUT2D eigenvalue weighted by Gasteiger charge is 2.12. The van der Waals surface area contributed by atoms with Crippen molar-refractivity contribution < 1.29 is 4.92 Å². The molecule has 1 rings (SSSR count). The number of halogens is 1. The number of terminal acetylenes is 1. The average molecular weight is 255 g/mol. The van der Waals surface area contributed by atoms with E-state index < -0.39 is 4.92 Å². The first-order valence-electron chi connectivity index (χ1n) is 3.76. The zero-order valence-corrected chi connectivity index (χ0v) is 8.74. The molecular formula is C9H7BrN2O2. The predicted octanol–water partition coefficient (Wildman–Crippen LogP) is 2.40. The summed E-state index contributed by atoms with van der Waals surface area (Å²) in [6.07, 6.45) is 5.04. The van der Waals surface area contributed by atoms with Crippen LogP contribution >= 0.6 is 15.9 Å². The van der Waals surface area contributed by atoms with Crippen molar-refractivity contribution in [2.24, 2.45) is 0 Å². The first kappa shape index (κ1) is 10.5. The average Bonchev–Trinajstić information content (AvgIpc) is 2.15. The Bertz CT molecular complexity index is 398. The minimum Gasteiger partial charge on any atom is -0.369 e. The van der Waals surface area contributed by atoms with Crippen LogP contribution in [-0.4, -0.2) is 11.5 Å². The molecule has 4 nitrogen and oxygen atoms in total. The largest absolute Gasteiger partial charge is 0.369 e. The van der Waals surface area contributed by atoms with E-state index in [1.54, 1.807) is 12.1 Å². The van der Waals surface area contributed by atoms with Gasteiger partial charge in [0.25, 0.3) is 5.69 Å². The smallest absolute Gasteiger partial charge is 0.293 e. The van der Waals surface area contributed by atoms with Gasteiger partial charge in [-0.05, 0) is 12.1 Å². The van der Waals surface area contributed by atoms with E-state index in [1.165, 1.54) is 6.07 Å². The molecule has 0 aliphatic heterocycles. The number of rotatable bonds is 3. The van der Waals surface area contributed by atoms with Crippen LogP contribution in [0.4, 0.5) is 11.4 Å². The third kappa shape index (κ3) is 2.47. The molecule has 0 radical (unpaired) electrons. The number of nitro groups is 1. The zero-order valence-electron chi connectivity index (χ0n) is 7.16. The fraction of sp³-hybridized carbons (Fsp3) is 0.111. The fourth-order valence-electron chi connectivity index (χ4n) is 0.952. The maximum absolute atomic E-state index is 10.6. The summed E-state index contributed by atoms with van der Waals surface area (Å²) in [7, 11) is 0. The van der Waals surface area contributed by atoms with Crippen LogP contribution < -0.4 is 5.32 Å². The van der Waals surface area contributed by atoms with Crippen LogP contribution in [0, 0.1) is 22.5 Å². The SMILES string of the molecule is C#CCNc1ccc(Br)cc1[N+](=O)[O-]. The van der Waals surface area contributed by atoms with Gasteiger partial charge >= 0.3 is 0 Å². The maximum Gasteiger partial charge on any atom is 0.293 e. The van der Waals surface area contributed by atoms with Crippen LogP contribution in [0.25, 0.3) is 0 Å². The molecule has 0 unspecified atom stereocenters. The molecule has 0 heterocycles. The lowest BCUT2D eigenvalue weighted by Crippen LogP contribution is -2.01. The molecule has 0 fully saturated rings. The van der Waals surface area contributed by atoms with Crippen LogP contribution in [0.15, 0.2) is 22.7 Å². The molecule has 72 valence electrons. The first-order valence-corrected chi connectivity index (χ1v) is 4.55. The quantitative estimate of drug-likeness (QED) is 0.512. The van der Waals surface area contributed by atoms with Crippen molar-refractivity contribution in [2.45, 2.75) is 0 Å². The minimum atomic E-state index is -0.455. The molecule has 0 saturated carbocycles. The second-order valence-corrected chi connectivity index (χ2v) is 3.39. The van der Waals surface area contributed by atoms with E-state index in [0.717, 1.165) is 0 Å². The summed E-state index contributed by atoms with van der Waals surface area (Å²) in [5, 5.41) is 13.4. The molecule has 0 atom stereocenters. The molecule has 1 aromatic carbocycles. The van der Waals surface area contributed by atoms with Crippen molar-refractivity contribution in [3.05, 3.63) is 32.8 Å². The zero-order chi connectivity index (χ0) is 10.6. The summed E-state index contributed by atoms with van der Waals surface area (Å²) in [6, 6.07) is 4.75. The number of benzene rings is 1. The lowest BCUT2D eigenvalue weighted by atomic mass is 10.2. The van der Waals surface area contributed by atoms with E-state index in [4.69, 9.17) is 6.42 Å². The number of nitrogens with zero attached hydrogens (tertiary/aromatic N) is 1. The van der Waals surface area contributed by atoms with Crippen LogP contribution in [0.2, 0.25) is 0 Å². The Morgan fingerprint density at radius 2 is 2.36 bits per heavy atom. The Kier molecular flexibility index (Phi) is 3.48. The molecule has 0 aromatic heterocycles. The van der Waals surface area contributed by atoms with E-state index in [0.29, 0.717) is 10.2 Å². The molecule has 14 heavy (non-hydrogen) atoms. The van der Waals surface area contributed by atoms with Gasteiger partial charge in [0.2, 0.25) is 0 Å². The van der Waals surface area contributed by atoms with Crippen LogP contribution in [0.5, 0.6) is 0 Å². The second-order valence-electron chi connectivity index (χ2n) is 2.48. The van der Waals surface area contributed by atoms with Crippen molar-refractivity contribution in [2.75, 3.05) is 11.9 Å². The molecule has 0 saturated heterocycles. The Morgan fingerprint density at radius 1 is 1.64 bits per heavy atom. The standard InChI is InChI=1S/C9H7BrN2O2/c1-2-5-11-8-4-3-7(10)6-9(8)12(13)14/h1,3-4,6,11H,5H2. The normalized spacial score (nSPS) is 9.14.